The molecule has 0 spiro atoms. The molecule has 0 aliphatic carbocycles. The maximum absolute atomic E-state index is 13.7. The highest BCUT2D eigenvalue weighted by Gasteiger charge is 2.46. The van der Waals surface area contributed by atoms with Gasteiger partial charge in [-0.3, -0.25) is 9.59 Å². The molecule has 0 aromatic heterocycles. The topological polar surface area (TPSA) is 83.4 Å². The third-order valence-corrected chi connectivity index (χ3v) is 6.00. The molecule has 0 saturated carbocycles. The molecule has 0 fully saturated rings. The number of nitrogens with one attached hydrogen (secondary N) is 1. The highest BCUT2D eigenvalue weighted by atomic mass is 16.5. The van der Waals surface area contributed by atoms with Crippen molar-refractivity contribution in [2.24, 2.45) is 22.0 Å². The average Bonchev–Trinajstić information content (AvgIpc) is 3.23. The Morgan fingerprint density at radius 2 is 1.59 bits per heavy atom. The maximum atomic E-state index is 13.7. The molecule has 3 aromatic carbocycles. The van der Waals surface area contributed by atoms with Gasteiger partial charge in [-0.1, -0.05) is 48.5 Å². The van der Waals surface area contributed by atoms with Crippen molar-refractivity contribution in [3.05, 3.63) is 96.1 Å². The minimum absolute atomic E-state index is 0.224. The van der Waals surface area contributed by atoms with E-state index in [4.69, 9.17) is 9.84 Å². The van der Waals surface area contributed by atoms with Crippen molar-refractivity contribution in [1.29, 1.82) is 0 Å². The number of benzene rings is 3. The maximum Gasteiger partial charge on any atom is 0.257 e. The number of carbonyl (C=O) groups excluding carboxylic acids is 2. The first-order chi connectivity index (χ1) is 16.7. The highest BCUT2D eigenvalue weighted by Crippen LogP contribution is 2.34. The first-order valence-corrected chi connectivity index (χ1v) is 11.3. The molecular formula is C27H24N4O3. The first-order valence-electron chi connectivity index (χ1n) is 11.3. The van der Waals surface area contributed by atoms with E-state index in [2.05, 4.69) is 10.5 Å². The predicted octanol–water partition coefficient (Wildman–Crippen LogP) is 3.99. The van der Waals surface area contributed by atoms with Crippen LogP contribution in [0.1, 0.15) is 24.5 Å². The van der Waals surface area contributed by atoms with E-state index in [1.165, 1.54) is 5.01 Å². The molecule has 2 aliphatic rings. The van der Waals surface area contributed by atoms with Crippen molar-refractivity contribution in [3.63, 3.8) is 0 Å². The number of ether oxygens (including phenoxy) is 1. The van der Waals surface area contributed by atoms with E-state index >= 15 is 0 Å². The fourth-order valence-electron chi connectivity index (χ4n) is 4.34. The van der Waals surface area contributed by atoms with Crippen molar-refractivity contribution < 1.29 is 14.3 Å². The molecule has 170 valence electrons. The number of amides is 2. The van der Waals surface area contributed by atoms with Gasteiger partial charge in [0.1, 0.15) is 5.75 Å². The van der Waals surface area contributed by atoms with E-state index in [1.807, 2.05) is 91.9 Å². The summed E-state index contributed by atoms with van der Waals surface area (Å²) in [6.07, 6.45) is 0.324. The molecule has 2 heterocycles. The zero-order chi connectivity index (χ0) is 23.5. The third kappa shape index (κ3) is 4.08. The largest absolute Gasteiger partial charge is 0.494 e. The van der Waals surface area contributed by atoms with Gasteiger partial charge in [0.25, 0.3) is 5.91 Å². The molecule has 1 N–H and O–H groups in total. The Morgan fingerprint density at radius 3 is 2.26 bits per heavy atom. The van der Waals surface area contributed by atoms with Gasteiger partial charge in [0.15, 0.2) is 0 Å². The van der Waals surface area contributed by atoms with Crippen molar-refractivity contribution in [3.8, 4) is 5.75 Å². The van der Waals surface area contributed by atoms with Crippen LogP contribution in [0.15, 0.2) is 95.1 Å². The number of nitrogens with zero attached hydrogens (tertiary/aromatic N) is 3. The molecule has 2 amide bonds. The van der Waals surface area contributed by atoms with Crippen LogP contribution < -0.4 is 15.2 Å². The van der Waals surface area contributed by atoms with E-state index in [-0.39, 0.29) is 11.8 Å². The fraction of sp³-hybridized carbons (Fsp3) is 0.185. The van der Waals surface area contributed by atoms with Crippen LogP contribution in [-0.2, 0) is 9.59 Å². The molecule has 0 bridgehead atoms. The summed E-state index contributed by atoms with van der Waals surface area (Å²) in [6.45, 7) is 2.52. The van der Waals surface area contributed by atoms with Crippen molar-refractivity contribution in [1.82, 2.24) is 5.43 Å². The Bertz CT molecular complexity index is 1250. The van der Waals surface area contributed by atoms with Crippen LogP contribution in [0.25, 0.3) is 0 Å². The summed E-state index contributed by atoms with van der Waals surface area (Å²) >= 11 is 0. The number of hydrogen-bond donors (Lipinski definition) is 1. The van der Waals surface area contributed by atoms with Gasteiger partial charge in [-0.2, -0.15) is 15.2 Å². The van der Waals surface area contributed by atoms with E-state index in [1.54, 1.807) is 0 Å². The van der Waals surface area contributed by atoms with Crippen LogP contribution in [0.4, 0.5) is 5.69 Å². The second-order valence-corrected chi connectivity index (χ2v) is 8.12. The normalized spacial score (nSPS) is 20.0. The van der Waals surface area contributed by atoms with Crippen LogP contribution in [0.5, 0.6) is 5.75 Å². The lowest BCUT2D eigenvalue weighted by Gasteiger charge is -2.26. The summed E-state index contributed by atoms with van der Waals surface area (Å²) in [4.78, 5) is 26.7. The Labute approximate surface area is 197 Å². The van der Waals surface area contributed by atoms with Gasteiger partial charge < -0.3 is 4.74 Å². The number of carbonyl (C=O) groups is 2. The molecule has 7 nitrogen and oxygen atoms in total. The smallest absolute Gasteiger partial charge is 0.257 e. The minimum atomic E-state index is -0.726. The Balaban J connectivity index is 1.49. The summed E-state index contributed by atoms with van der Waals surface area (Å²) in [6, 6.07) is 26.4. The Morgan fingerprint density at radius 1 is 0.912 bits per heavy atom. The standard InChI is InChI=1S/C27H24N4O3/c1-2-34-21-15-13-18(14-16-21)23-17-22(26(32)29-28-23)24-25(19-9-5-3-6-10-19)30-31(27(24)33)20-11-7-4-8-12-20/h3-16,22,24H,2,17H2,1H3,(H,29,32). The molecule has 7 heteroatoms. The second kappa shape index (κ2) is 9.31. The molecule has 34 heavy (non-hydrogen) atoms. The quantitative estimate of drug-likeness (QED) is 0.614. The molecule has 3 aromatic rings. The monoisotopic (exact) mass is 452 g/mol. The zero-order valence-electron chi connectivity index (χ0n) is 18.7. The van der Waals surface area contributed by atoms with E-state index < -0.39 is 11.8 Å². The zero-order valence-corrected chi connectivity index (χ0v) is 18.7. The van der Waals surface area contributed by atoms with Crippen LogP contribution in [0, 0.1) is 11.8 Å². The molecule has 5 rings (SSSR count). The number of para-hydroxylation sites is 1. The predicted molar refractivity (Wildman–Crippen MR) is 131 cm³/mol. The lowest BCUT2D eigenvalue weighted by molar-refractivity contribution is -0.131. The van der Waals surface area contributed by atoms with Gasteiger partial charge in [-0.25, -0.2) is 5.43 Å². The van der Waals surface area contributed by atoms with Gasteiger partial charge in [-0.15, -0.1) is 0 Å². The molecule has 2 unspecified atom stereocenters. The van der Waals surface area contributed by atoms with E-state index in [0.717, 1.165) is 16.9 Å². The van der Waals surface area contributed by atoms with E-state index in [0.29, 0.717) is 30.1 Å². The molecule has 2 atom stereocenters. The van der Waals surface area contributed by atoms with Gasteiger partial charge >= 0.3 is 0 Å². The summed E-state index contributed by atoms with van der Waals surface area (Å²) < 4.78 is 5.52. The summed E-state index contributed by atoms with van der Waals surface area (Å²) in [5.41, 5.74) is 6.29. The fourth-order valence-corrected chi connectivity index (χ4v) is 4.34. The Kier molecular flexibility index (Phi) is 5.91. The SMILES string of the molecule is CCOc1ccc(C2=NNC(=O)C(C3C(=O)N(c4ccccc4)N=C3c3ccccc3)C2)cc1. The summed E-state index contributed by atoms with van der Waals surface area (Å²) in [5, 5.41) is 10.4. The van der Waals surface area contributed by atoms with Gasteiger partial charge in [0, 0.05) is 6.42 Å². The number of hydrogen-bond acceptors (Lipinski definition) is 5. The third-order valence-electron chi connectivity index (χ3n) is 6.00. The lowest BCUT2D eigenvalue weighted by Crippen LogP contribution is -2.44. The number of anilines is 1. The number of hydrazone groups is 2. The lowest BCUT2D eigenvalue weighted by atomic mass is 9.80. The molecule has 0 radical (unpaired) electrons. The van der Waals surface area contributed by atoms with Gasteiger partial charge in [0.2, 0.25) is 5.91 Å². The summed E-state index contributed by atoms with van der Waals surface area (Å²) in [5.74, 6) is -1.11. The van der Waals surface area contributed by atoms with Crippen LogP contribution in [0.2, 0.25) is 0 Å². The van der Waals surface area contributed by atoms with Crippen LogP contribution in [0.3, 0.4) is 0 Å². The van der Waals surface area contributed by atoms with Gasteiger partial charge in [-0.05, 0) is 54.4 Å². The van der Waals surface area contributed by atoms with Gasteiger partial charge in [0.05, 0.1) is 35.6 Å². The van der Waals surface area contributed by atoms with Crippen molar-refractivity contribution in [2.45, 2.75) is 13.3 Å². The second-order valence-electron chi connectivity index (χ2n) is 8.12. The van der Waals surface area contributed by atoms with E-state index in [9.17, 15) is 9.59 Å². The van der Waals surface area contributed by atoms with Crippen LogP contribution in [-0.4, -0.2) is 29.8 Å². The molecule has 2 aliphatic heterocycles. The highest BCUT2D eigenvalue weighted by molar-refractivity contribution is 6.24. The average molecular weight is 453 g/mol. The van der Waals surface area contributed by atoms with Crippen molar-refractivity contribution in [2.75, 3.05) is 11.6 Å². The van der Waals surface area contributed by atoms with Crippen LogP contribution >= 0.6 is 0 Å². The van der Waals surface area contributed by atoms with Crippen molar-refractivity contribution >= 4 is 28.9 Å². The molecule has 0 saturated heterocycles. The summed E-state index contributed by atoms with van der Waals surface area (Å²) in [7, 11) is 0. The Hall–Kier alpha value is -4.26. The number of rotatable bonds is 6. The molecular weight excluding hydrogens is 428 g/mol. The first kappa shape index (κ1) is 21.6. The minimum Gasteiger partial charge on any atom is -0.494 e.